The summed E-state index contributed by atoms with van der Waals surface area (Å²) in [6, 6.07) is 5.67. The highest BCUT2D eigenvalue weighted by Crippen LogP contribution is 2.28. The van der Waals surface area contributed by atoms with E-state index in [2.05, 4.69) is 23.9 Å². The summed E-state index contributed by atoms with van der Waals surface area (Å²) >= 11 is 0. The van der Waals surface area contributed by atoms with Crippen LogP contribution in [0.3, 0.4) is 0 Å². The summed E-state index contributed by atoms with van der Waals surface area (Å²) in [5.74, 6) is 1.32. The van der Waals surface area contributed by atoms with E-state index in [1.807, 2.05) is 18.2 Å². The summed E-state index contributed by atoms with van der Waals surface area (Å²) in [5, 5.41) is 3.35. The molecule has 112 valence electrons. The van der Waals surface area contributed by atoms with Crippen LogP contribution in [0.4, 0.5) is 0 Å². The van der Waals surface area contributed by atoms with Crippen LogP contribution in [0.5, 0.6) is 11.5 Å². The van der Waals surface area contributed by atoms with Gasteiger partial charge in [-0.05, 0) is 30.2 Å². The van der Waals surface area contributed by atoms with Gasteiger partial charge in [0, 0.05) is 6.54 Å². The van der Waals surface area contributed by atoms with Gasteiger partial charge in [0.25, 0.3) is 0 Å². The first-order valence-corrected chi connectivity index (χ1v) is 6.64. The Morgan fingerprint density at radius 2 is 2.00 bits per heavy atom. The molecule has 0 saturated heterocycles. The minimum absolute atomic E-state index is 0.129. The van der Waals surface area contributed by atoms with Gasteiger partial charge in [0.2, 0.25) is 0 Å². The number of methoxy groups -OCH3 is 2. The maximum Gasteiger partial charge on any atom is 0.343 e. The fourth-order valence-corrected chi connectivity index (χ4v) is 1.64. The van der Waals surface area contributed by atoms with Crippen molar-refractivity contribution < 1.29 is 19.0 Å². The highest BCUT2D eigenvalue weighted by atomic mass is 16.6. The van der Waals surface area contributed by atoms with Crippen LogP contribution in [-0.2, 0) is 16.1 Å². The number of hydrogen-bond acceptors (Lipinski definition) is 5. The van der Waals surface area contributed by atoms with Crippen molar-refractivity contribution >= 4 is 5.97 Å². The molecule has 1 N–H and O–H groups in total. The lowest BCUT2D eigenvalue weighted by atomic mass is 10.2. The van der Waals surface area contributed by atoms with Crippen molar-refractivity contribution in [1.82, 2.24) is 5.32 Å². The van der Waals surface area contributed by atoms with E-state index in [0.29, 0.717) is 17.4 Å². The molecule has 0 amide bonds. The number of carbonyl (C=O) groups is 1. The Balaban J connectivity index is 2.67. The third-order valence-corrected chi connectivity index (χ3v) is 2.68. The Morgan fingerprint density at radius 1 is 1.25 bits per heavy atom. The van der Waals surface area contributed by atoms with E-state index in [9.17, 15) is 4.79 Å². The smallest absolute Gasteiger partial charge is 0.343 e. The summed E-state index contributed by atoms with van der Waals surface area (Å²) in [7, 11) is 2.90. The Bertz CT molecular complexity index is 432. The van der Waals surface area contributed by atoms with Crippen LogP contribution in [0.2, 0.25) is 0 Å². The summed E-state index contributed by atoms with van der Waals surface area (Å²) in [5.41, 5.74) is 1.08. The van der Waals surface area contributed by atoms with E-state index in [-0.39, 0.29) is 6.61 Å². The largest absolute Gasteiger partial charge is 0.493 e. The molecule has 1 rings (SSSR count). The number of carbonyl (C=O) groups excluding carboxylic acids is 1. The zero-order chi connectivity index (χ0) is 15.0. The number of hydrogen-bond donors (Lipinski definition) is 1. The Kier molecular flexibility index (Phi) is 6.87. The molecular formula is C15H23NO4. The van der Waals surface area contributed by atoms with Crippen molar-refractivity contribution in [3.05, 3.63) is 23.8 Å². The second-order valence-electron chi connectivity index (χ2n) is 4.87. The molecule has 5 nitrogen and oxygen atoms in total. The minimum atomic E-state index is -0.421. The molecule has 0 saturated carbocycles. The second-order valence-corrected chi connectivity index (χ2v) is 4.87. The van der Waals surface area contributed by atoms with Gasteiger partial charge in [-0.25, -0.2) is 4.79 Å². The quantitative estimate of drug-likeness (QED) is 0.739. The van der Waals surface area contributed by atoms with Gasteiger partial charge in [0.05, 0.1) is 14.2 Å². The average Bonchev–Trinajstić information content (AvgIpc) is 2.44. The Morgan fingerprint density at radius 3 is 2.60 bits per heavy atom. The Hall–Kier alpha value is -1.75. The first-order valence-electron chi connectivity index (χ1n) is 6.64. The highest BCUT2D eigenvalue weighted by molar-refractivity contribution is 5.71. The number of esters is 1. The SMILES string of the molecule is COC(=O)COc1cc(CNCC(C)C)ccc1OC. The summed E-state index contributed by atoms with van der Waals surface area (Å²) < 4.78 is 15.2. The molecule has 0 heterocycles. The highest BCUT2D eigenvalue weighted by Gasteiger charge is 2.09. The first-order chi connectivity index (χ1) is 9.56. The van der Waals surface area contributed by atoms with Gasteiger partial charge in [0.15, 0.2) is 18.1 Å². The lowest BCUT2D eigenvalue weighted by Crippen LogP contribution is -2.19. The molecule has 0 spiro atoms. The molecule has 0 aromatic heterocycles. The summed E-state index contributed by atoms with van der Waals surface area (Å²) in [4.78, 5) is 11.1. The van der Waals surface area contributed by atoms with E-state index in [1.165, 1.54) is 7.11 Å². The van der Waals surface area contributed by atoms with Gasteiger partial charge >= 0.3 is 5.97 Å². The van der Waals surface area contributed by atoms with Gasteiger partial charge < -0.3 is 19.5 Å². The van der Waals surface area contributed by atoms with Crippen molar-refractivity contribution in [1.29, 1.82) is 0 Å². The molecule has 1 aromatic carbocycles. The number of nitrogens with one attached hydrogen (secondary N) is 1. The third-order valence-electron chi connectivity index (χ3n) is 2.68. The molecule has 0 aliphatic rings. The summed E-state index contributed by atoms with van der Waals surface area (Å²) in [6.07, 6.45) is 0. The lowest BCUT2D eigenvalue weighted by molar-refractivity contribution is -0.142. The van der Waals surface area contributed by atoms with E-state index in [0.717, 1.165) is 18.7 Å². The molecule has 0 aliphatic carbocycles. The molecule has 1 aromatic rings. The molecule has 5 heteroatoms. The van der Waals surface area contributed by atoms with Gasteiger partial charge in [-0.15, -0.1) is 0 Å². The third kappa shape index (κ3) is 5.48. The number of ether oxygens (including phenoxy) is 3. The van der Waals surface area contributed by atoms with Crippen molar-refractivity contribution in [2.75, 3.05) is 27.4 Å². The maximum atomic E-state index is 11.1. The van der Waals surface area contributed by atoms with Gasteiger partial charge in [-0.3, -0.25) is 0 Å². The monoisotopic (exact) mass is 281 g/mol. The van der Waals surface area contributed by atoms with Crippen molar-refractivity contribution in [3.8, 4) is 11.5 Å². The second kappa shape index (κ2) is 8.43. The van der Waals surface area contributed by atoms with Gasteiger partial charge in [0.1, 0.15) is 0 Å². The van der Waals surface area contributed by atoms with Crippen LogP contribution in [0, 0.1) is 5.92 Å². The molecule has 0 atom stereocenters. The average molecular weight is 281 g/mol. The van der Waals surface area contributed by atoms with Crippen LogP contribution in [0.1, 0.15) is 19.4 Å². The fourth-order valence-electron chi connectivity index (χ4n) is 1.64. The Labute approximate surface area is 120 Å². The topological polar surface area (TPSA) is 56.8 Å². The minimum Gasteiger partial charge on any atom is -0.493 e. The maximum absolute atomic E-state index is 11.1. The number of rotatable bonds is 8. The molecular weight excluding hydrogens is 258 g/mol. The number of benzene rings is 1. The van der Waals surface area contributed by atoms with Crippen LogP contribution < -0.4 is 14.8 Å². The standard InChI is InChI=1S/C15H23NO4/c1-11(2)8-16-9-12-5-6-13(18-3)14(7-12)20-10-15(17)19-4/h5-7,11,16H,8-10H2,1-4H3. The van der Waals surface area contributed by atoms with Gasteiger partial charge in [-0.2, -0.15) is 0 Å². The van der Waals surface area contributed by atoms with Crippen LogP contribution in [0.15, 0.2) is 18.2 Å². The zero-order valence-corrected chi connectivity index (χ0v) is 12.6. The van der Waals surface area contributed by atoms with Crippen LogP contribution in [-0.4, -0.2) is 33.3 Å². The molecule has 0 radical (unpaired) electrons. The van der Waals surface area contributed by atoms with Crippen LogP contribution >= 0.6 is 0 Å². The molecule has 0 unspecified atom stereocenters. The van der Waals surface area contributed by atoms with Crippen molar-refractivity contribution in [2.24, 2.45) is 5.92 Å². The summed E-state index contributed by atoms with van der Waals surface area (Å²) in [6.45, 7) is 5.88. The predicted octanol–water partition coefficient (Wildman–Crippen LogP) is 1.99. The lowest BCUT2D eigenvalue weighted by Gasteiger charge is -2.12. The van der Waals surface area contributed by atoms with E-state index < -0.39 is 5.97 Å². The van der Waals surface area contributed by atoms with E-state index in [4.69, 9.17) is 9.47 Å². The molecule has 0 fully saturated rings. The van der Waals surface area contributed by atoms with E-state index in [1.54, 1.807) is 7.11 Å². The predicted molar refractivity (Wildman–Crippen MR) is 77.0 cm³/mol. The molecule has 0 bridgehead atoms. The zero-order valence-electron chi connectivity index (χ0n) is 12.6. The van der Waals surface area contributed by atoms with Crippen LogP contribution in [0.25, 0.3) is 0 Å². The normalized spacial score (nSPS) is 10.4. The van der Waals surface area contributed by atoms with E-state index >= 15 is 0 Å². The fraction of sp³-hybridized carbons (Fsp3) is 0.533. The first kappa shape index (κ1) is 16.3. The molecule has 0 aliphatic heterocycles. The van der Waals surface area contributed by atoms with Crippen molar-refractivity contribution in [3.63, 3.8) is 0 Å². The van der Waals surface area contributed by atoms with Gasteiger partial charge in [-0.1, -0.05) is 19.9 Å². The van der Waals surface area contributed by atoms with Crippen molar-refractivity contribution in [2.45, 2.75) is 20.4 Å². The molecule has 20 heavy (non-hydrogen) atoms.